The van der Waals surface area contributed by atoms with Crippen molar-refractivity contribution in [1.82, 2.24) is 10.9 Å². The van der Waals surface area contributed by atoms with Crippen molar-refractivity contribution in [3.63, 3.8) is 0 Å². The van der Waals surface area contributed by atoms with Gasteiger partial charge >= 0.3 is 0 Å². The average molecular weight is 386 g/mol. The third-order valence-corrected chi connectivity index (χ3v) is 3.84. The summed E-state index contributed by atoms with van der Waals surface area (Å²) in [5.41, 5.74) is 6.43. The molecule has 0 bridgehead atoms. The van der Waals surface area contributed by atoms with Crippen LogP contribution < -0.4 is 25.1 Å². The molecule has 150 valence electrons. The van der Waals surface area contributed by atoms with E-state index in [4.69, 9.17) is 14.2 Å². The largest absolute Gasteiger partial charge is 0.497 e. The molecule has 0 atom stereocenters. The highest BCUT2D eigenvalue weighted by Gasteiger charge is 2.10. The monoisotopic (exact) mass is 386 g/mol. The topological polar surface area (TPSA) is 85.9 Å². The smallest absolute Gasteiger partial charge is 0.242 e. The number of methoxy groups -OCH3 is 1. The summed E-state index contributed by atoms with van der Waals surface area (Å²) in [5, 5.41) is 0. The summed E-state index contributed by atoms with van der Waals surface area (Å²) in [6.45, 7) is 4.80. The molecule has 28 heavy (non-hydrogen) atoms. The minimum Gasteiger partial charge on any atom is -0.497 e. The zero-order chi connectivity index (χ0) is 20.4. The van der Waals surface area contributed by atoms with Crippen LogP contribution >= 0.6 is 0 Å². The Labute approximate surface area is 165 Å². The fourth-order valence-electron chi connectivity index (χ4n) is 2.55. The van der Waals surface area contributed by atoms with Crippen LogP contribution in [0, 0.1) is 0 Å². The van der Waals surface area contributed by atoms with E-state index in [0.29, 0.717) is 24.7 Å². The van der Waals surface area contributed by atoms with Crippen LogP contribution in [0.15, 0.2) is 42.5 Å². The van der Waals surface area contributed by atoms with Crippen molar-refractivity contribution in [2.24, 2.45) is 0 Å². The molecule has 0 saturated heterocycles. The molecule has 2 rings (SSSR count). The molecule has 2 amide bonds. The first-order chi connectivity index (χ1) is 13.5. The van der Waals surface area contributed by atoms with Crippen molar-refractivity contribution in [1.29, 1.82) is 0 Å². The van der Waals surface area contributed by atoms with Gasteiger partial charge in [0.15, 0.2) is 11.5 Å². The molecule has 0 fully saturated rings. The van der Waals surface area contributed by atoms with Crippen LogP contribution in [-0.4, -0.2) is 32.1 Å². The zero-order valence-corrected chi connectivity index (χ0v) is 16.4. The first-order valence-corrected chi connectivity index (χ1v) is 9.14. The summed E-state index contributed by atoms with van der Waals surface area (Å²) in [6, 6.07) is 12.5. The van der Waals surface area contributed by atoms with E-state index in [1.54, 1.807) is 49.6 Å². The molecule has 0 saturated carbocycles. The van der Waals surface area contributed by atoms with Gasteiger partial charge in [-0.25, -0.2) is 0 Å². The number of hydrogen-bond donors (Lipinski definition) is 2. The van der Waals surface area contributed by atoms with E-state index >= 15 is 0 Å². The lowest BCUT2D eigenvalue weighted by molar-refractivity contribution is -0.128. The van der Waals surface area contributed by atoms with Gasteiger partial charge in [0.1, 0.15) is 5.75 Å². The molecule has 0 radical (unpaired) electrons. The lowest BCUT2D eigenvalue weighted by Gasteiger charge is -2.12. The number of amides is 2. The minimum atomic E-state index is -0.324. The van der Waals surface area contributed by atoms with Gasteiger partial charge in [0.2, 0.25) is 11.8 Å². The molecule has 7 heteroatoms. The molecule has 0 unspecified atom stereocenters. The van der Waals surface area contributed by atoms with Crippen LogP contribution in [0.1, 0.15) is 25.0 Å². The Balaban J connectivity index is 1.85. The SMILES string of the molecule is CCOc1ccc(CC(=O)NNC(=O)Cc2ccc(OC)cc2)cc1OCC. The Morgan fingerprint density at radius 3 is 1.89 bits per heavy atom. The van der Waals surface area contributed by atoms with Gasteiger partial charge < -0.3 is 14.2 Å². The second-order valence-corrected chi connectivity index (χ2v) is 5.95. The van der Waals surface area contributed by atoms with E-state index in [1.807, 2.05) is 13.8 Å². The quantitative estimate of drug-likeness (QED) is 0.647. The van der Waals surface area contributed by atoms with E-state index in [1.165, 1.54) is 0 Å². The van der Waals surface area contributed by atoms with Crippen LogP contribution in [0.2, 0.25) is 0 Å². The Kier molecular flexibility index (Phi) is 8.14. The van der Waals surface area contributed by atoms with Gasteiger partial charge in [-0.15, -0.1) is 0 Å². The molecule has 2 aromatic rings. The number of hydrazine groups is 1. The van der Waals surface area contributed by atoms with Crippen molar-refractivity contribution in [2.45, 2.75) is 26.7 Å². The lowest BCUT2D eigenvalue weighted by Crippen LogP contribution is -2.43. The maximum atomic E-state index is 12.1. The fourth-order valence-corrected chi connectivity index (χ4v) is 2.55. The van der Waals surface area contributed by atoms with E-state index in [2.05, 4.69) is 10.9 Å². The maximum absolute atomic E-state index is 12.1. The summed E-state index contributed by atoms with van der Waals surface area (Å²) in [4.78, 5) is 24.1. The highest BCUT2D eigenvalue weighted by Crippen LogP contribution is 2.28. The normalized spacial score (nSPS) is 10.1. The van der Waals surface area contributed by atoms with Gasteiger partial charge in [0.05, 0.1) is 33.2 Å². The number of carbonyl (C=O) groups is 2. The molecular weight excluding hydrogens is 360 g/mol. The second-order valence-electron chi connectivity index (χ2n) is 5.95. The maximum Gasteiger partial charge on any atom is 0.242 e. The van der Waals surface area contributed by atoms with Gasteiger partial charge in [-0.3, -0.25) is 20.4 Å². The fraction of sp³-hybridized carbons (Fsp3) is 0.333. The summed E-state index contributed by atoms with van der Waals surface area (Å²) in [7, 11) is 1.58. The molecule has 0 heterocycles. The highest BCUT2D eigenvalue weighted by molar-refractivity contribution is 5.84. The van der Waals surface area contributed by atoms with E-state index in [9.17, 15) is 9.59 Å². The van der Waals surface area contributed by atoms with Gasteiger partial charge in [-0.2, -0.15) is 0 Å². The third-order valence-electron chi connectivity index (χ3n) is 3.84. The van der Waals surface area contributed by atoms with Crippen molar-refractivity contribution in [2.75, 3.05) is 20.3 Å². The average Bonchev–Trinajstić information content (AvgIpc) is 2.69. The number of hydrogen-bond acceptors (Lipinski definition) is 5. The van der Waals surface area contributed by atoms with Gasteiger partial charge in [-0.1, -0.05) is 18.2 Å². The lowest BCUT2D eigenvalue weighted by atomic mass is 10.1. The van der Waals surface area contributed by atoms with E-state index in [0.717, 1.165) is 16.9 Å². The van der Waals surface area contributed by atoms with Crippen molar-refractivity contribution in [3.8, 4) is 17.2 Å². The Bertz CT molecular complexity index is 790. The van der Waals surface area contributed by atoms with Crippen LogP contribution in [0.3, 0.4) is 0 Å². The summed E-state index contributed by atoms with van der Waals surface area (Å²) in [5.74, 6) is 1.33. The Morgan fingerprint density at radius 2 is 1.32 bits per heavy atom. The number of ether oxygens (including phenoxy) is 3. The molecule has 0 aliphatic rings. The van der Waals surface area contributed by atoms with Crippen LogP contribution in [-0.2, 0) is 22.4 Å². The molecular formula is C21H26N2O5. The number of nitrogens with one attached hydrogen (secondary N) is 2. The zero-order valence-electron chi connectivity index (χ0n) is 16.4. The number of rotatable bonds is 9. The van der Waals surface area contributed by atoms with Crippen molar-refractivity contribution >= 4 is 11.8 Å². The molecule has 0 spiro atoms. The van der Waals surface area contributed by atoms with Gasteiger partial charge in [0.25, 0.3) is 0 Å². The summed E-state index contributed by atoms with van der Waals surface area (Å²) >= 11 is 0. The number of benzene rings is 2. The Morgan fingerprint density at radius 1 is 0.786 bits per heavy atom. The number of carbonyl (C=O) groups excluding carboxylic acids is 2. The molecule has 2 aromatic carbocycles. The van der Waals surface area contributed by atoms with Gasteiger partial charge in [-0.05, 0) is 49.2 Å². The minimum absolute atomic E-state index is 0.106. The van der Waals surface area contributed by atoms with Crippen LogP contribution in [0.25, 0.3) is 0 Å². The molecule has 2 N–H and O–H groups in total. The molecule has 7 nitrogen and oxygen atoms in total. The van der Waals surface area contributed by atoms with E-state index in [-0.39, 0.29) is 24.7 Å². The predicted molar refractivity (Wildman–Crippen MR) is 105 cm³/mol. The van der Waals surface area contributed by atoms with Crippen LogP contribution in [0.5, 0.6) is 17.2 Å². The van der Waals surface area contributed by atoms with Gasteiger partial charge in [0, 0.05) is 0 Å². The third kappa shape index (κ3) is 6.50. The Hall–Kier alpha value is -3.22. The molecule has 0 aliphatic carbocycles. The first-order valence-electron chi connectivity index (χ1n) is 9.14. The summed E-state index contributed by atoms with van der Waals surface area (Å²) < 4.78 is 16.1. The second kappa shape index (κ2) is 10.8. The molecule has 0 aromatic heterocycles. The van der Waals surface area contributed by atoms with Crippen molar-refractivity contribution < 1.29 is 23.8 Å². The molecule has 0 aliphatic heterocycles. The predicted octanol–water partition coefficient (Wildman–Crippen LogP) is 2.43. The first kappa shape index (κ1) is 21.1. The highest BCUT2D eigenvalue weighted by atomic mass is 16.5. The standard InChI is InChI=1S/C21H26N2O5/c1-4-27-18-11-8-16(12-19(18)28-5-2)14-21(25)23-22-20(24)13-15-6-9-17(26-3)10-7-15/h6-12H,4-5,13-14H2,1-3H3,(H,22,24)(H,23,25). The van der Waals surface area contributed by atoms with Crippen LogP contribution in [0.4, 0.5) is 0 Å². The summed E-state index contributed by atoms with van der Waals surface area (Å²) in [6.07, 6.45) is 0.261. The van der Waals surface area contributed by atoms with Crippen molar-refractivity contribution in [3.05, 3.63) is 53.6 Å². The van der Waals surface area contributed by atoms with E-state index < -0.39 is 0 Å².